The van der Waals surface area contributed by atoms with Crippen LogP contribution >= 0.6 is 27.3 Å². The third-order valence-electron chi connectivity index (χ3n) is 2.93. The Balaban J connectivity index is 1.61. The number of hydrogen-bond acceptors (Lipinski definition) is 3. The summed E-state index contributed by atoms with van der Waals surface area (Å²) in [5, 5.41) is 5.43. The van der Waals surface area contributed by atoms with Crippen LogP contribution in [0, 0.1) is 0 Å². The molecule has 0 unspecified atom stereocenters. The molecule has 0 bridgehead atoms. The van der Waals surface area contributed by atoms with Crippen LogP contribution in [0.3, 0.4) is 0 Å². The van der Waals surface area contributed by atoms with Gasteiger partial charge >= 0.3 is 0 Å². The van der Waals surface area contributed by atoms with E-state index in [9.17, 15) is 4.79 Å². The summed E-state index contributed by atoms with van der Waals surface area (Å²) in [7, 11) is 0. The fraction of sp³-hybridized carbons (Fsp3) is 0.583. The van der Waals surface area contributed by atoms with Crippen molar-refractivity contribution in [3.63, 3.8) is 0 Å². The molecule has 0 radical (unpaired) electrons. The molecule has 1 aliphatic rings. The van der Waals surface area contributed by atoms with E-state index in [0.717, 1.165) is 30.0 Å². The van der Waals surface area contributed by atoms with Crippen LogP contribution in [-0.2, 0) is 11.3 Å². The third-order valence-corrected chi connectivity index (χ3v) is 4.48. The predicted molar refractivity (Wildman–Crippen MR) is 74.2 cm³/mol. The van der Waals surface area contributed by atoms with Crippen LogP contribution < -0.4 is 5.32 Å². The lowest BCUT2D eigenvalue weighted by Gasteiger charge is -2.14. The predicted octanol–water partition coefficient (Wildman–Crippen LogP) is 2.61. The van der Waals surface area contributed by atoms with Crippen LogP contribution in [-0.4, -0.2) is 30.4 Å². The molecule has 1 aliphatic heterocycles. The second-order valence-electron chi connectivity index (χ2n) is 4.27. The first-order chi connectivity index (χ1) is 8.25. The maximum atomic E-state index is 11.7. The van der Waals surface area contributed by atoms with Crippen LogP contribution in [0.5, 0.6) is 0 Å². The number of hydrogen-bond donors (Lipinski definition) is 1. The lowest BCUT2D eigenvalue weighted by molar-refractivity contribution is -0.130. The number of amides is 1. The molecule has 17 heavy (non-hydrogen) atoms. The summed E-state index contributed by atoms with van der Waals surface area (Å²) in [5.41, 5.74) is 1.27. The summed E-state index contributed by atoms with van der Waals surface area (Å²) in [6.45, 7) is 3.52. The summed E-state index contributed by atoms with van der Waals surface area (Å²) in [5.74, 6) is 0.293. The average molecular weight is 317 g/mol. The molecular formula is C12H17BrN2OS. The Morgan fingerprint density at radius 1 is 1.47 bits per heavy atom. The van der Waals surface area contributed by atoms with Crippen LogP contribution in [0.15, 0.2) is 15.2 Å². The fourth-order valence-corrected chi connectivity index (χ4v) is 3.20. The molecule has 2 rings (SSSR count). The summed E-state index contributed by atoms with van der Waals surface area (Å²) in [6.07, 6.45) is 2.95. The molecule has 1 aromatic rings. The zero-order chi connectivity index (χ0) is 12.1. The smallest absolute Gasteiger partial charge is 0.223 e. The summed E-state index contributed by atoms with van der Waals surface area (Å²) in [4.78, 5) is 13.7. The highest BCUT2D eigenvalue weighted by Crippen LogP contribution is 2.20. The normalized spacial score (nSPS) is 15.5. The maximum absolute atomic E-state index is 11.7. The van der Waals surface area contributed by atoms with E-state index in [2.05, 4.69) is 32.7 Å². The van der Waals surface area contributed by atoms with Gasteiger partial charge in [0, 0.05) is 32.6 Å². The topological polar surface area (TPSA) is 32.3 Å². The van der Waals surface area contributed by atoms with Crippen molar-refractivity contribution < 1.29 is 4.79 Å². The number of nitrogens with zero attached hydrogens (tertiary/aromatic N) is 1. The second-order valence-corrected chi connectivity index (χ2v) is 6.56. The monoisotopic (exact) mass is 316 g/mol. The number of halogens is 1. The van der Waals surface area contributed by atoms with Crippen molar-refractivity contribution in [2.45, 2.75) is 25.8 Å². The van der Waals surface area contributed by atoms with Crippen molar-refractivity contribution in [1.29, 1.82) is 0 Å². The highest BCUT2D eigenvalue weighted by molar-refractivity contribution is 9.11. The van der Waals surface area contributed by atoms with E-state index in [-0.39, 0.29) is 0 Å². The van der Waals surface area contributed by atoms with Crippen molar-refractivity contribution in [3.05, 3.63) is 20.8 Å². The van der Waals surface area contributed by atoms with Gasteiger partial charge < -0.3 is 10.2 Å². The van der Waals surface area contributed by atoms with Gasteiger partial charge in [-0.2, -0.15) is 0 Å². The first-order valence-electron chi connectivity index (χ1n) is 5.97. The molecule has 3 nitrogen and oxygen atoms in total. The van der Waals surface area contributed by atoms with Crippen molar-refractivity contribution >= 4 is 33.2 Å². The van der Waals surface area contributed by atoms with Crippen molar-refractivity contribution in [1.82, 2.24) is 10.2 Å². The molecule has 0 spiro atoms. The molecule has 1 saturated heterocycles. The van der Waals surface area contributed by atoms with Crippen LogP contribution in [0.2, 0.25) is 0 Å². The minimum Gasteiger partial charge on any atom is -0.343 e. The van der Waals surface area contributed by atoms with E-state index in [1.54, 1.807) is 11.3 Å². The highest BCUT2D eigenvalue weighted by Gasteiger charge is 2.16. The molecule has 0 atom stereocenters. The molecule has 0 aliphatic carbocycles. The average Bonchev–Trinajstić information content (AvgIpc) is 2.95. The summed E-state index contributed by atoms with van der Waals surface area (Å²) >= 11 is 5.13. The minimum atomic E-state index is 0.293. The van der Waals surface area contributed by atoms with Gasteiger partial charge in [-0.05, 0) is 45.8 Å². The molecule has 1 amide bonds. The van der Waals surface area contributed by atoms with E-state index in [0.29, 0.717) is 12.3 Å². The van der Waals surface area contributed by atoms with E-state index in [1.807, 2.05) is 4.90 Å². The Hall–Kier alpha value is -0.390. The van der Waals surface area contributed by atoms with Gasteiger partial charge in [0.05, 0.1) is 3.79 Å². The first-order valence-corrected chi connectivity index (χ1v) is 7.64. The van der Waals surface area contributed by atoms with E-state index < -0.39 is 0 Å². The number of thiophene rings is 1. The maximum Gasteiger partial charge on any atom is 0.223 e. The summed E-state index contributed by atoms with van der Waals surface area (Å²) < 4.78 is 1.16. The molecule has 1 aromatic heterocycles. The van der Waals surface area contributed by atoms with Gasteiger partial charge in [0.1, 0.15) is 0 Å². The standard InChI is InChI=1S/C12H17BrN2OS/c13-11-7-10(9-17-11)8-14-4-3-12(16)15-5-1-2-6-15/h7,9,14H,1-6,8H2. The van der Waals surface area contributed by atoms with Gasteiger partial charge in [0.15, 0.2) is 0 Å². The van der Waals surface area contributed by atoms with Gasteiger partial charge in [-0.3, -0.25) is 4.79 Å². The number of carbonyl (C=O) groups excluding carboxylic acids is 1. The molecule has 2 heterocycles. The lowest BCUT2D eigenvalue weighted by Crippen LogP contribution is -2.30. The Morgan fingerprint density at radius 2 is 2.24 bits per heavy atom. The van der Waals surface area contributed by atoms with Crippen molar-refractivity contribution in [2.24, 2.45) is 0 Å². The Bertz CT molecular complexity index is 374. The second kappa shape index (κ2) is 6.52. The van der Waals surface area contributed by atoms with E-state index in [1.165, 1.54) is 18.4 Å². The van der Waals surface area contributed by atoms with Gasteiger partial charge in [-0.1, -0.05) is 0 Å². The van der Waals surface area contributed by atoms with Crippen LogP contribution in [0.25, 0.3) is 0 Å². The molecule has 0 aromatic carbocycles. The highest BCUT2D eigenvalue weighted by atomic mass is 79.9. The van der Waals surface area contributed by atoms with Gasteiger partial charge in [0.25, 0.3) is 0 Å². The first kappa shape index (κ1) is 13.1. The molecular weight excluding hydrogens is 300 g/mol. The van der Waals surface area contributed by atoms with Crippen LogP contribution in [0.1, 0.15) is 24.8 Å². The van der Waals surface area contributed by atoms with E-state index in [4.69, 9.17) is 0 Å². The van der Waals surface area contributed by atoms with Gasteiger partial charge in [-0.15, -0.1) is 11.3 Å². The molecule has 94 valence electrons. The van der Waals surface area contributed by atoms with E-state index >= 15 is 0 Å². The number of carbonyl (C=O) groups is 1. The minimum absolute atomic E-state index is 0.293. The van der Waals surface area contributed by atoms with Gasteiger partial charge in [0.2, 0.25) is 5.91 Å². The van der Waals surface area contributed by atoms with Crippen LogP contribution in [0.4, 0.5) is 0 Å². The fourth-order valence-electron chi connectivity index (χ4n) is 1.99. The summed E-state index contributed by atoms with van der Waals surface area (Å²) in [6, 6.07) is 2.11. The Morgan fingerprint density at radius 3 is 2.88 bits per heavy atom. The molecule has 0 saturated carbocycles. The number of nitrogens with one attached hydrogen (secondary N) is 1. The Labute approximate surface area is 114 Å². The molecule has 1 fully saturated rings. The largest absolute Gasteiger partial charge is 0.343 e. The lowest BCUT2D eigenvalue weighted by atomic mass is 10.3. The third kappa shape index (κ3) is 4.08. The van der Waals surface area contributed by atoms with Crippen molar-refractivity contribution in [3.8, 4) is 0 Å². The quantitative estimate of drug-likeness (QED) is 0.847. The number of likely N-dealkylation sites (tertiary alicyclic amines) is 1. The Kier molecular flexibility index (Phi) is 5.00. The SMILES string of the molecule is O=C(CCNCc1csc(Br)c1)N1CCCC1. The van der Waals surface area contributed by atoms with Crippen molar-refractivity contribution in [2.75, 3.05) is 19.6 Å². The van der Waals surface area contributed by atoms with Gasteiger partial charge in [-0.25, -0.2) is 0 Å². The number of rotatable bonds is 5. The zero-order valence-electron chi connectivity index (χ0n) is 9.75. The molecule has 1 N–H and O–H groups in total. The zero-order valence-corrected chi connectivity index (χ0v) is 12.1. The molecule has 5 heteroatoms.